The highest BCUT2D eigenvalue weighted by Gasteiger charge is 2.32. The minimum atomic E-state index is -0.227. The lowest BCUT2D eigenvalue weighted by Crippen LogP contribution is -2.31. The molecule has 0 atom stereocenters. The van der Waals surface area contributed by atoms with Gasteiger partial charge in [-0.05, 0) is 37.0 Å². The van der Waals surface area contributed by atoms with E-state index in [1.807, 2.05) is 43.7 Å². The van der Waals surface area contributed by atoms with Gasteiger partial charge in [-0.1, -0.05) is 43.9 Å². The molecule has 3 aromatic rings. The van der Waals surface area contributed by atoms with E-state index < -0.39 is 0 Å². The van der Waals surface area contributed by atoms with Crippen molar-refractivity contribution in [2.24, 2.45) is 5.92 Å². The Labute approximate surface area is 201 Å². The number of carbonyl (C=O) groups is 1. The van der Waals surface area contributed by atoms with Gasteiger partial charge in [0.25, 0.3) is 11.5 Å². The molecule has 1 aliphatic rings. The summed E-state index contributed by atoms with van der Waals surface area (Å²) in [4.78, 5) is 37.2. The summed E-state index contributed by atoms with van der Waals surface area (Å²) in [5.41, 5.74) is 1.61. The van der Waals surface area contributed by atoms with Crippen LogP contribution in [0, 0.1) is 12.8 Å². The van der Waals surface area contributed by atoms with E-state index in [-0.39, 0.29) is 17.4 Å². The second kappa shape index (κ2) is 9.88. The maximum atomic E-state index is 13.4. The van der Waals surface area contributed by atoms with Crippen LogP contribution in [0.5, 0.6) is 0 Å². The van der Waals surface area contributed by atoms with E-state index in [1.54, 1.807) is 29.7 Å². The van der Waals surface area contributed by atoms with Gasteiger partial charge in [0.2, 0.25) is 0 Å². The van der Waals surface area contributed by atoms with E-state index in [9.17, 15) is 9.59 Å². The number of nitrogens with zero attached hydrogens (tertiary/aromatic N) is 5. The number of anilines is 1. The first kappa shape index (κ1) is 23.2. The normalized spacial score (nSPS) is 15.4. The summed E-state index contributed by atoms with van der Waals surface area (Å²) >= 11 is 6.65. The molecule has 1 amide bonds. The number of aryl methyl sites for hydroxylation is 2. The lowest BCUT2D eigenvalue weighted by Gasteiger charge is -2.16. The van der Waals surface area contributed by atoms with Gasteiger partial charge in [0, 0.05) is 38.2 Å². The van der Waals surface area contributed by atoms with Crippen molar-refractivity contribution in [3.8, 4) is 0 Å². The van der Waals surface area contributed by atoms with Gasteiger partial charge in [-0.25, -0.2) is 9.97 Å². The topological polar surface area (TPSA) is 84.5 Å². The molecule has 0 unspecified atom stereocenters. The standard InChI is InChI=1S/C23H26N6O2S2/c1-15(2)13-29-22(31)18(33-23(29)32)12-17-19(25-7-5-9-27-11-8-24-14-27)26-20-16(3)6-4-10-28(20)21(17)30/h4,6,8,10-12,14-15,25H,5,7,9,13H2,1-3H3/b18-12+. The Kier molecular flexibility index (Phi) is 6.94. The van der Waals surface area contributed by atoms with E-state index in [1.165, 1.54) is 16.2 Å². The number of thiocarbonyl (C=S) groups is 1. The highest BCUT2D eigenvalue weighted by atomic mass is 32.2. The molecule has 1 aliphatic heterocycles. The van der Waals surface area contributed by atoms with Crippen molar-refractivity contribution in [3.63, 3.8) is 0 Å². The zero-order chi connectivity index (χ0) is 23.5. The predicted octanol–water partition coefficient (Wildman–Crippen LogP) is 3.56. The van der Waals surface area contributed by atoms with Gasteiger partial charge in [-0.3, -0.25) is 18.9 Å². The van der Waals surface area contributed by atoms with Gasteiger partial charge in [-0.2, -0.15) is 0 Å². The van der Waals surface area contributed by atoms with Crippen molar-refractivity contribution in [2.45, 2.75) is 33.7 Å². The van der Waals surface area contributed by atoms with Crippen LogP contribution in [0.15, 0.2) is 46.8 Å². The summed E-state index contributed by atoms with van der Waals surface area (Å²) in [7, 11) is 0. The molecule has 0 bridgehead atoms. The number of hydrogen-bond donors (Lipinski definition) is 1. The molecule has 0 saturated carbocycles. The molecular weight excluding hydrogens is 456 g/mol. The first-order valence-corrected chi connectivity index (χ1v) is 12.0. The smallest absolute Gasteiger partial charge is 0.267 e. The Balaban J connectivity index is 1.68. The molecule has 8 nitrogen and oxygen atoms in total. The minimum absolute atomic E-state index is 0.168. The second-order valence-corrected chi connectivity index (χ2v) is 10.0. The zero-order valence-corrected chi connectivity index (χ0v) is 20.4. The molecule has 3 aromatic heterocycles. The third kappa shape index (κ3) is 5.01. The maximum absolute atomic E-state index is 13.4. The van der Waals surface area contributed by atoms with Crippen molar-refractivity contribution >= 4 is 51.7 Å². The fourth-order valence-corrected chi connectivity index (χ4v) is 4.87. The number of fused-ring (bicyclic) bond motifs is 1. The summed E-state index contributed by atoms with van der Waals surface area (Å²) in [6.45, 7) is 7.95. The highest BCUT2D eigenvalue weighted by Crippen LogP contribution is 2.33. The Morgan fingerprint density at radius 3 is 2.82 bits per heavy atom. The average molecular weight is 483 g/mol. The SMILES string of the molecule is Cc1cccn2c(=O)c(/C=C3/SC(=S)N(CC(C)C)C3=O)c(NCCCn3ccnc3)nc12. The summed E-state index contributed by atoms with van der Waals surface area (Å²) < 4.78 is 4.03. The Hall–Kier alpha value is -2.98. The van der Waals surface area contributed by atoms with E-state index in [0.29, 0.717) is 39.3 Å². The van der Waals surface area contributed by atoms with Crippen LogP contribution in [0.3, 0.4) is 0 Å². The van der Waals surface area contributed by atoms with E-state index in [0.717, 1.165) is 18.5 Å². The van der Waals surface area contributed by atoms with Gasteiger partial charge < -0.3 is 9.88 Å². The van der Waals surface area contributed by atoms with Crippen molar-refractivity contribution in [1.82, 2.24) is 23.8 Å². The molecule has 1 saturated heterocycles. The third-order valence-corrected chi connectivity index (χ3v) is 6.60. The number of aromatic nitrogens is 4. The van der Waals surface area contributed by atoms with Crippen LogP contribution in [0.25, 0.3) is 11.7 Å². The van der Waals surface area contributed by atoms with E-state index in [2.05, 4.69) is 10.3 Å². The first-order valence-electron chi connectivity index (χ1n) is 10.8. The monoisotopic (exact) mass is 482 g/mol. The Morgan fingerprint density at radius 2 is 2.09 bits per heavy atom. The van der Waals surface area contributed by atoms with Crippen molar-refractivity contribution in [1.29, 1.82) is 0 Å². The summed E-state index contributed by atoms with van der Waals surface area (Å²) in [5.74, 6) is 0.586. The van der Waals surface area contributed by atoms with Crippen molar-refractivity contribution in [3.05, 3.63) is 63.4 Å². The van der Waals surface area contributed by atoms with Crippen LogP contribution in [0.2, 0.25) is 0 Å². The molecule has 4 heterocycles. The fourth-order valence-electron chi connectivity index (χ4n) is 3.62. The highest BCUT2D eigenvalue weighted by molar-refractivity contribution is 8.26. The Bertz CT molecular complexity index is 1280. The number of pyridine rings is 1. The van der Waals surface area contributed by atoms with E-state index in [4.69, 9.17) is 17.2 Å². The quantitative estimate of drug-likeness (QED) is 0.299. The number of imidazole rings is 1. The molecular formula is C23H26N6O2S2. The summed E-state index contributed by atoms with van der Waals surface area (Å²) in [5, 5.41) is 3.31. The molecule has 0 aromatic carbocycles. The molecule has 10 heteroatoms. The van der Waals surface area contributed by atoms with Gasteiger partial charge in [0.1, 0.15) is 15.8 Å². The van der Waals surface area contributed by atoms with Crippen LogP contribution in [0.1, 0.15) is 31.4 Å². The van der Waals surface area contributed by atoms with Crippen LogP contribution in [-0.4, -0.2) is 47.2 Å². The molecule has 4 rings (SSSR count). The number of hydrogen-bond acceptors (Lipinski definition) is 7. The van der Waals surface area contributed by atoms with Gasteiger partial charge in [-0.15, -0.1) is 0 Å². The molecule has 0 radical (unpaired) electrons. The maximum Gasteiger partial charge on any atom is 0.267 e. The van der Waals surface area contributed by atoms with E-state index >= 15 is 0 Å². The fraction of sp³-hybridized carbons (Fsp3) is 0.348. The van der Waals surface area contributed by atoms with Crippen molar-refractivity contribution < 1.29 is 4.79 Å². The van der Waals surface area contributed by atoms with Crippen LogP contribution >= 0.6 is 24.0 Å². The Morgan fingerprint density at radius 1 is 1.27 bits per heavy atom. The van der Waals surface area contributed by atoms with Gasteiger partial charge >= 0.3 is 0 Å². The molecule has 0 aliphatic carbocycles. The van der Waals surface area contributed by atoms with Crippen LogP contribution < -0.4 is 10.9 Å². The minimum Gasteiger partial charge on any atom is -0.369 e. The molecule has 33 heavy (non-hydrogen) atoms. The van der Waals surface area contributed by atoms with Crippen LogP contribution in [-0.2, 0) is 11.3 Å². The lowest BCUT2D eigenvalue weighted by atomic mass is 10.2. The lowest BCUT2D eigenvalue weighted by molar-refractivity contribution is -0.122. The number of rotatable bonds is 8. The zero-order valence-electron chi connectivity index (χ0n) is 18.8. The number of thioether (sulfide) groups is 1. The average Bonchev–Trinajstić information content (AvgIpc) is 3.38. The number of amides is 1. The third-order valence-electron chi connectivity index (χ3n) is 5.23. The molecule has 0 spiro atoms. The first-order chi connectivity index (χ1) is 15.8. The van der Waals surface area contributed by atoms with Crippen molar-refractivity contribution in [2.75, 3.05) is 18.4 Å². The van der Waals surface area contributed by atoms with Gasteiger partial charge in [0.05, 0.1) is 16.8 Å². The molecule has 1 fully saturated rings. The number of carbonyl (C=O) groups excluding carboxylic acids is 1. The predicted molar refractivity (Wildman–Crippen MR) is 136 cm³/mol. The van der Waals surface area contributed by atoms with Crippen LogP contribution in [0.4, 0.5) is 5.82 Å². The molecule has 172 valence electrons. The summed E-state index contributed by atoms with van der Waals surface area (Å²) in [6, 6.07) is 3.73. The largest absolute Gasteiger partial charge is 0.369 e. The number of nitrogens with one attached hydrogen (secondary N) is 1. The second-order valence-electron chi connectivity index (χ2n) is 8.33. The molecule has 1 N–H and O–H groups in total. The summed E-state index contributed by atoms with van der Waals surface area (Å²) in [6.07, 6.45) is 9.57. The van der Waals surface area contributed by atoms with Gasteiger partial charge in [0.15, 0.2) is 0 Å².